The smallest absolute Gasteiger partial charge is 0.228 e. The van der Waals surface area contributed by atoms with Gasteiger partial charge in [-0.3, -0.25) is 0 Å². The molecule has 2 aromatic rings. The number of hydrogen-bond acceptors (Lipinski definition) is 4. The van der Waals surface area contributed by atoms with Crippen molar-refractivity contribution >= 4 is 41.2 Å². The standard InChI is InChI=1S/C20H20ClN3O2.ClH/c1-3-11-23(14(2)25)19-13-24(26)20(15-7-5-4-6-8-15)17-12-16(21)9-10-18(17)22-19;/h3-10,12,14,25H,1,11,13H2,2H3;1H. The largest absolute Gasteiger partial charge is 0.623 e. The minimum Gasteiger partial charge on any atom is -0.623 e. The van der Waals surface area contributed by atoms with Crippen LogP contribution in [0.4, 0.5) is 5.69 Å². The van der Waals surface area contributed by atoms with Gasteiger partial charge in [-0.2, -0.15) is 4.74 Å². The maximum absolute atomic E-state index is 13.1. The van der Waals surface area contributed by atoms with E-state index in [0.717, 1.165) is 10.3 Å². The van der Waals surface area contributed by atoms with E-state index in [0.29, 0.717) is 34.4 Å². The number of nitrogens with zero attached hydrogens (tertiary/aromatic N) is 3. The number of amidine groups is 1. The molecule has 1 heterocycles. The van der Waals surface area contributed by atoms with Gasteiger partial charge in [0.25, 0.3) is 0 Å². The first-order valence-corrected chi connectivity index (χ1v) is 8.69. The van der Waals surface area contributed by atoms with E-state index < -0.39 is 6.23 Å². The zero-order valence-corrected chi connectivity index (χ0v) is 16.5. The van der Waals surface area contributed by atoms with Gasteiger partial charge in [0, 0.05) is 17.1 Å². The van der Waals surface area contributed by atoms with Crippen molar-refractivity contribution in [3.63, 3.8) is 0 Å². The fourth-order valence-electron chi connectivity index (χ4n) is 2.97. The summed E-state index contributed by atoms with van der Waals surface area (Å²) in [6.07, 6.45) is 0.869. The number of halogens is 2. The van der Waals surface area contributed by atoms with Crippen molar-refractivity contribution in [2.75, 3.05) is 13.1 Å². The first-order valence-electron chi connectivity index (χ1n) is 8.31. The molecule has 1 aliphatic rings. The van der Waals surface area contributed by atoms with Crippen molar-refractivity contribution in [2.45, 2.75) is 13.2 Å². The van der Waals surface area contributed by atoms with Crippen LogP contribution in [0.15, 0.2) is 66.2 Å². The van der Waals surface area contributed by atoms with E-state index >= 15 is 0 Å². The molecule has 1 atom stereocenters. The van der Waals surface area contributed by atoms with Crippen LogP contribution < -0.4 is 0 Å². The highest BCUT2D eigenvalue weighted by atomic mass is 35.5. The van der Waals surface area contributed by atoms with Crippen molar-refractivity contribution in [3.05, 3.63) is 82.5 Å². The summed E-state index contributed by atoms with van der Waals surface area (Å²) in [6, 6.07) is 14.7. The fraction of sp³-hybridized carbons (Fsp3) is 0.200. The lowest BCUT2D eigenvalue weighted by Gasteiger charge is -2.26. The van der Waals surface area contributed by atoms with Crippen LogP contribution in [-0.2, 0) is 0 Å². The Morgan fingerprint density at radius 2 is 2.04 bits per heavy atom. The van der Waals surface area contributed by atoms with Crippen molar-refractivity contribution < 1.29 is 9.85 Å². The summed E-state index contributed by atoms with van der Waals surface area (Å²) in [5.74, 6) is 0.476. The third kappa shape index (κ3) is 4.50. The van der Waals surface area contributed by atoms with Gasteiger partial charge in [0.2, 0.25) is 12.3 Å². The van der Waals surface area contributed by atoms with Crippen molar-refractivity contribution in [3.8, 4) is 0 Å². The van der Waals surface area contributed by atoms with Crippen molar-refractivity contribution in [2.24, 2.45) is 4.99 Å². The van der Waals surface area contributed by atoms with Crippen molar-refractivity contribution in [1.82, 2.24) is 4.90 Å². The van der Waals surface area contributed by atoms with E-state index in [9.17, 15) is 10.3 Å². The van der Waals surface area contributed by atoms with Gasteiger partial charge in [-0.25, -0.2) is 4.99 Å². The highest BCUT2D eigenvalue weighted by molar-refractivity contribution is 6.31. The zero-order valence-electron chi connectivity index (χ0n) is 14.9. The Morgan fingerprint density at radius 1 is 1.33 bits per heavy atom. The molecule has 1 N–H and O–H groups in total. The number of aliphatic imine (C=N–C) groups is 1. The van der Waals surface area contributed by atoms with E-state index in [2.05, 4.69) is 11.6 Å². The summed E-state index contributed by atoms with van der Waals surface area (Å²) in [6.45, 7) is 5.74. The highest BCUT2D eigenvalue weighted by Gasteiger charge is 2.27. The molecule has 5 nitrogen and oxygen atoms in total. The van der Waals surface area contributed by atoms with Gasteiger partial charge >= 0.3 is 0 Å². The number of hydroxylamine groups is 1. The van der Waals surface area contributed by atoms with E-state index in [1.807, 2.05) is 30.3 Å². The van der Waals surface area contributed by atoms with Crippen LogP contribution in [0.3, 0.4) is 0 Å². The second-order valence-corrected chi connectivity index (χ2v) is 6.45. The monoisotopic (exact) mass is 405 g/mol. The SMILES string of the molecule is C=CCN(C1=Nc2ccc(Cl)cc2C(c2ccccc2)=[N+]([O-])C1)C(C)O.Cl. The maximum atomic E-state index is 13.1. The molecule has 0 radical (unpaired) electrons. The fourth-order valence-corrected chi connectivity index (χ4v) is 3.15. The summed E-state index contributed by atoms with van der Waals surface area (Å²) in [5.41, 5.74) is 2.59. The van der Waals surface area contributed by atoms with E-state index in [4.69, 9.17) is 11.6 Å². The first kappa shape index (κ1) is 21.0. The van der Waals surface area contributed by atoms with Crippen molar-refractivity contribution in [1.29, 1.82) is 0 Å². The minimum atomic E-state index is -0.797. The average molecular weight is 406 g/mol. The Balaban J connectivity index is 0.00000261. The van der Waals surface area contributed by atoms with Crippen LogP contribution in [0.1, 0.15) is 18.1 Å². The van der Waals surface area contributed by atoms with Crippen LogP contribution >= 0.6 is 24.0 Å². The minimum absolute atomic E-state index is 0. The average Bonchev–Trinajstić information content (AvgIpc) is 2.75. The second kappa shape index (κ2) is 9.04. The quantitative estimate of drug-likeness (QED) is 0.362. The van der Waals surface area contributed by atoms with Gasteiger partial charge in [0.15, 0.2) is 5.84 Å². The molecule has 1 unspecified atom stereocenters. The highest BCUT2D eigenvalue weighted by Crippen LogP contribution is 2.28. The van der Waals surface area contributed by atoms with Gasteiger partial charge in [-0.15, -0.1) is 19.0 Å². The lowest BCUT2D eigenvalue weighted by molar-refractivity contribution is -0.440. The topological polar surface area (TPSA) is 61.9 Å². The molecule has 1 aliphatic heterocycles. The van der Waals surface area contributed by atoms with Gasteiger partial charge in [0.05, 0.1) is 11.3 Å². The summed E-state index contributed by atoms with van der Waals surface area (Å²) >= 11 is 6.18. The molecule has 0 saturated heterocycles. The lowest BCUT2D eigenvalue weighted by atomic mass is 10.0. The van der Waals surface area contributed by atoms with Crippen LogP contribution in [-0.4, -0.2) is 45.6 Å². The molecular formula is C20H21Cl2N3O2. The first-order chi connectivity index (χ1) is 12.5. The zero-order chi connectivity index (χ0) is 18.7. The third-order valence-electron chi connectivity index (χ3n) is 4.15. The number of aliphatic hydroxyl groups excluding tert-OH is 1. The summed E-state index contributed by atoms with van der Waals surface area (Å²) in [4.78, 5) is 6.30. The Labute approximate surface area is 169 Å². The number of benzene rings is 2. The van der Waals surface area contributed by atoms with Crippen LogP contribution in [0.25, 0.3) is 0 Å². The molecule has 142 valence electrons. The molecular weight excluding hydrogens is 385 g/mol. The van der Waals surface area contributed by atoms with Crippen LogP contribution in [0, 0.1) is 5.21 Å². The molecule has 0 spiro atoms. The number of hydrogen-bond donors (Lipinski definition) is 1. The van der Waals surface area contributed by atoms with Crippen LogP contribution in [0.2, 0.25) is 5.02 Å². The molecule has 0 saturated carbocycles. The normalized spacial score (nSPS) is 14.4. The summed E-state index contributed by atoms with van der Waals surface area (Å²) in [5, 5.41) is 23.7. The number of aliphatic hydroxyl groups is 1. The van der Waals surface area contributed by atoms with Gasteiger partial charge < -0.3 is 15.2 Å². The van der Waals surface area contributed by atoms with Crippen LogP contribution in [0.5, 0.6) is 0 Å². The van der Waals surface area contributed by atoms with E-state index in [1.165, 1.54) is 0 Å². The molecule has 2 aromatic carbocycles. The molecule has 0 aromatic heterocycles. The predicted molar refractivity (Wildman–Crippen MR) is 113 cm³/mol. The molecule has 27 heavy (non-hydrogen) atoms. The van der Waals surface area contributed by atoms with E-state index in [1.54, 1.807) is 36.1 Å². The summed E-state index contributed by atoms with van der Waals surface area (Å²) in [7, 11) is 0. The van der Waals surface area contributed by atoms with Gasteiger partial charge in [-0.1, -0.05) is 35.9 Å². The molecule has 3 rings (SSSR count). The number of rotatable bonds is 4. The summed E-state index contributed by atoms with van der Waals surface area (Å²) < 4.78 is 0.898. The Hall–Kier alpha value is -2.34. The lowest BCUT2D eigenvalue weighted by Crippen LogP contribution is -2.42. The second-order valence-electron chi connectivity index (χ2n) is 6.01. The predicted octanol–water partition coefficient (Wildman–Crippen LogP) is 3.98. The van der Waals surface area contributed by atoms with E-state index in [-0.39, 0.29) is 19.0 Å². The molecule has 0 fully saturated rings. The Morgan fingerprint density at radius 3 is 2.67 bits per heavy atom. The number of fused-ring (bicyclic) bond motifs is 1. The van der Waals surface area contributed by atoms with Gasteiger partial charge in [-0.05, 0) is 37.3 Å². The van der Waals surface area contributed by atoms with Gasteiger partial charge in [0.1, 0.15) is 6.23 Å². The third-order valence-corrected chi connectivity index (χ3v) is 4.39. The molecule has 0 aliphatic carbocycles. The Kier molecular flexibility index (Phi) is 7.02. The molecule has 0 bridgehead atoms. The Bertz CT molecular complexity index is 880. The molecule has 0 amide bonds. The maximum Gasteiger partial charge on any atom is 0.228 e. The molecule has 7 heteroatoms.